The first-order chi connectivity index (χ1) is 15.3. The number of methoxy groups -OCH3 is 1. The Morgan fingerprint density at radius 1 is 1.16 bits per heavy atom. The molecule has 4 aromatic rings. The first kappa shape index (κ1) is 21.2. The van der Waals surface area contributed by atoms with Gasteiger partial charge in [0.2, 0.25) is 0 Å². The molecule has 2 aromatic heterocycles. The molecule has 0 unspecified atom stereocenters. The van der Waals surface area contributed by atoms with Crippen LogP contribution in [0.4, 0.5) is 18.9 Å². The van der Waals surface area contributed by atoms with Crippen LogP contribution in [-0.2, 0) is 12.7 Å². The lowest BCUT2D eigenvalue weighted by Crippen LogP contribution is -2.12. The maximum atomic E-state index is 12.9. The van der Waals surface area contributed by atoms with Crippen molar-refractivity contribution in [3.8, 4) is 17.0 Å². The normalized spacial score (nSPS) is 11.4. The van der Waals surface area contributed by atoms with Crippen LogP contribution in [0.1, 0.15) is 21.6 Å². The molecule has 0 bridgehead atoms. The quantitative estimate of drug-likeness (QED) is 0.458. The second-order valence-electron chi connectivity index (χ2n) is 6.97. The molecular weight excluding hydrogens is 423 g/mol. The number of carbonyl (C=O) groups excluding carboxylic acids is 1. The summed E-state index contributed by atoms with van der Waals surface area (Å²) in [7, 11) is 1.58. The topological polar surface area (TPSA) is 84.8 Å². The average Bonchev–Trinajstić information content (AvgIpc) is 3.43. The Labute approximate surface area is 180 Å². The average molecular weight is 441 g/mol. The fourth-order valence-electron chi connectivity index (χ4n) is 3.09. The van der Waals surface area contributed by atoms with Gasteiger partial charge in [0.05, 0.1) is 36.8 Å². The highest BCUT2D eigenvalue weighted by molar-refractivity contribution is 6.03. The number of benzene rings is 2. The van der Waals surface area contributed by atoms with Crippen LogP contribution < -0.4 is 10.1 Å². The van der Waals surface area contributed by atoms with Crippen molar-refractivity contribution < 1.29 is 22.7 Å². The SMILES string of the molecule is COc1ccc(-c2cc(C(=O)Nc3cnn(Cc4cccc(C(F)(F)F)c4)c3)[nH]n2)cc1. The van der Waals surface area contributed by atoms with Crippen LogP contribution in [0.3, 0.4) is 0 Å². The van der Waals surface area contributed by atoms with E-state index in [-0.39, 0.29) is 12.2 Å². The Morgan fingerprint density at radius 2 is 1.94 bits per heavy atom. The van der Waals surface area contributed by atoms with Crippen molar-refractivity contribution in [1.29, 1.82) is 0 Å². The van der Waals surface area contributed by atoms with Gasteiger partial charge in [0.25, 0.3) is 5.91 Å². The molecule has 32 heavy (non-hydrogen) atoms. The van der Waals surface area contributed by atoms with Gasteiger partial charge in [-0.15, -0.1) is 0 Å². The van der Waals surface area contributed by atoms with E-state index >= 15 is 0 Å². The lowest BCUT2D eigenvalue weighted by Gasteiger charge is -2.08. The number of nitrogens with zero attached hydrogens (tertiary/aromatic N) is 3. The van der Waals surface area contributed by atoms with Crippen LogP contribution in [0.5, 0.6) is 5.75 Å². The first-order valence-corrected chi connectivity index (χ1v) is 9.51. The third-order valence-electron chi connectivity index (χ3n) is 4.70. The molecule has 2 heterocycles. The van der Waals surface area contributed by atoms with Gasteiger partial charge in [-0.1, -0.05) is 12.1 Å². The highest BCUT2D eigenvalue weighted by Gasteiger charge is 2.30. The zero-order valence-corrected chi connectivity index (χ0v) is 16.8. The molecule has 2 aromatic carbocycles. The molecule has 0 saturated carbocycles. The van der Waals surface area contributed by atoms with E-state index in [9.17, 15) is 18.0 Å². The number of amides is 1. The summed E-state index contributed by atoms with van der Waals surface area (Å²) in [6.45, 7) is 0.130. The molecule has 4 rings (SSSR count). The van der Waals surface area contributed by atoms with Gasteiger partial charge in [-0.2, -0.15) is 23.4 Å². The van der Waals surface area contributed by atoms with Crippen molar-refractivity contribution in [3.05, 3.63) is 83.8 Å². The van der Waals surface area contributed by atoms with Gasteiger partial charge >= 0.3 is 6.18 Å². The molecule has 7 nitrogen and oxygen atoms in total. The van der Waals surface area contributed by atoms with Crippen LogP contribution in [0.2, 0.25) is 0 Å². The van der Waals surface area contributed by atoms with E-state index in [0.717, 1.165) is 17.7 Å². The van der Waals surface area contributed by atoms with Crippen molar-refractivity contribution in [2.24, 2.45) is 0 Å². The molecule has 1 amide bonds. The van der Waals surface area contributed by atoms with Gasteiger partial charge in [-0.25, -0.2) is 0 Å². The number of hydrogen-bond acceptors (Lipinski definition) is 4. The molecular formula is C22H18F3N5O2. The molecule has 0 aliphatic carbocycles. The van der Waals surface area contributed by atoms with E-state index in [1.54, 1.807) is 37.6 Å². The molecule has 0 saturated heterocycles. The van der Waals surface area contributed by atoms with E-state index in [1.807, 2.05) is 12.1 Å². The number of alkyl halides is 3. The summed E-state index contributed by atoms with van der Waals surface area (Å²) in [5, 5.41) is 13.6. The van der Waals surface area contributed by atoms with Crippen LogP contribution in [-0.4, -0.2) is 33.0 Å². The molecule has 0 aliphatic heterocycles. The number of carbonyl (C=O) groups is 1. The van der Waals surface area contributed by atoms with Gasteiger partial charge in [0, 0.05) is 11.8 Å². The van der Waals surface area contributed by atoms with Crippen LogP contribution in [0, 0.1) is 0 Å². The molecule has 0 fully saturated rings. The van der Waals surface area contributed by atoms with Crippen molar-refractivity contribution >= 4 is 11.6 Å². The Balaban J connectivity index is 1.41. The Kier molecular flexibility index (Phi) is 5.67. The van der Waals surface area contributed by atoms with E-state index < -0.39 is 17.6 Å². The minimum Gasteiger partial charge on any atom is -0.497 e. The molecule has 10 heteroatoms. The Bertz CT molecular complexity index is 1230. The summed E-state index contributed by atoms with van der Waals surface area (Å²) in [5.41, 5.74) is 1.79. The minimum atomic E-state index is -4.41. The molecule has 2 N–H and O–H groups in total. The number of nitrogens with one attached hydrogen (secondary N) is 2. The van der Waals surface area contributed by atoms with Gasteiger partial charge in [-0.05, 0) is 48.0 Å². The smallest absolute Gasteiger partial charge is 0.416 e. The van der Waals surface area contributed by atoms with Gasteiger partial charge in [0.15, 0.2) is 0 Å². The number of H-pyrrole nitrogens is 1. The third kappa shape index (κ3) is 4.80. The number of anilines is 1. The fraction of sp³-hybridized carbons (Fsp3) is 0.136. The zero-order chi connectivity index (χ0) is 22.7. The number of aromatic nitrogens is 4. The number of rotatable bonds is 6. The summed E-state index contributed by atoms with van der Waals surface area (Å²) < 4.78 is 45.2. The lowest BCUT2D eigenvalue weighted by molar-refractivity contribution is -0.137. The number of halogens is 3. The summed E-state index contributed by atoms with van der Waals surface area (Å²) in [6.07, 6.45) is -1.45. The fourth-order valence-corrected chi connectivity index (χ4v) is 3.09. The minimum absolute atomic E-state index is 0.130. The Morgan fingerprint density at radius 3 is 2.66 bits per heavy atom. The van der Waals surface area contributed by atoms with E-state index in [2.05, 4.69) is 20.6 Å². The lowest BCUT2D eigenvalue weighted by atomic mass is 10.1. The second-order valence-corrected chi connectivity index (χ2v) is 6.97. The highest BCUT2D eigenvalue weighted by Crippen LogP contribution is 2.29. The summed E-state index contributed by atoms with van der Waals surface area (Å²) >= 11 is 0. The van der Waals surface area contributed by atoms with Crippen molar-refractivity contribution in [3.63, 3.8) is 0 Å². The van der Waals surface area contributed by atoms with Crippen molar-refractivity contribution in [1.82, 2.24) is 20.0 Å². The number of aromatic amines is 1. The van der Waals surface area contributed by atoms with Crippen molar-refractivity contribution in [2.45, 2.75) is 12.7 Å². The molecule has 0 atom stereocenters. The van der Waals surface area contributed by atoms with Crippen LogP contribution in [0.15, 0.2) is 67.0 Å². The number of hydrogen-bond donors (Lipinski definition) is 2. The molecule has 164 valence electrons. The Hall–Kier alpha value is -4.08. The summed E-state index contributed by atoms with van der Waals surface area (Å²) in [4.78, 5) is 12.5. The van der Waals surface area contributed by atoms with Crippen LogP contribution in [0.25, 0.3) is 11.3 Å². The predicted molar refractivity (Wildman–Crippen MR) is 111 cm³/mol. The molecule has 0 aliphatic rings. The first-order valence-electron chi connectivity index (χ1n) is 9.51. The monoisotopic (exact) mass is 441 g/mol. The zero-order valence-electron chi connectivity index (χ0n) is 16.8. The summed E-state index contributed by atoms with van der Waals surface area (Å²) in [6, 6.07) is 13.9. The summed E-state index contributed by atoms with van der Waals surface area (Å²) in [5.74, 6) is 0.292. The van der Waals surface area contributed by atoms with Gasteiger partial charge < -0.3 is 10.1 Å². The maximum absolute atomic E-state index is 12.9. The van der Waals surface area contributed by atoms with Gasteiger partial charge in [0.1, 0.15) is 11.4 Å². The van der Waals surface area contributed by atoms with E-state index in [0.29, 0.717) is 22.7 Å². The van der Waals surface area contributed by atoms with Crippen LogP contribution >= 0.6 is 0 Å². The van der Waals surface area contributed by atoms with E-state index in [4.69, 9.17) is 4.74 Å². The standard InChI is InChI=1S/C22H18F3N5O2/c1-32-18-7-5-15(6-8-18)19-10-20(29-28-19)21(31)27-17-11-26-30(13-17)12-14-3-2-4-16(9-14)22(23,24)25/h2-11,13H,12H2,1H3,(H,27,31)(H,28,29). The van der Waals surface area contributed by atoms with Gasteiger partial charge in [-0.3, -0.25) is 14.6 Å². The molecule has 0 spiro atoms. The predicted octanol–water partition coefficient (Wildman–Crippen LogP) is 4.60. The van der Waals surface area contributed by atoms with Crippen molar-refractivity contribution in [2.75, 3.05) is 12.4 Å². The largest absolute Gasteiger partial charge is 0.497 e. The molecule has 0 radical (unpaired) electrons. The highest BCUT2D eigenvalue weighted by atomic mass is 19.4. The van der Waals surface area contributed by atoms with E-state index in [1.165, 1.54) is 16.9 Å². The number of ether oxygens (including phenoxy) is 1. The maximum Gasteiger partial charge on any atom is 0.416 e. The second kappa shape index (κ2) is 8.58. The third-order valence-corrected chi connectivity index (χ3v) is 4.70.